The van der Waals surface area contributed by atoms with E-state index in [1.807, 2.05) is 6.07 Å². The zero-order chi connectivity index (χ0) is 17.8. The molecular weight excluding hydrogens is 328 g/mol. The molecule has 0 radical (unpaired) electrons. The van der Waals surface area contributed by atoms with Crippen LogP contribution in [0.4, 0.5) is 5.69 Å². The Labute approximate surface area is 145 Å². The topological polar surface area (TPSA) is 97.3 Å². The predicted molar refractivity (Wildman–Crippen MR) is 88.0 cm³/mol. The Morgan fingerprint density at radius 2 is 2.16 bits per heavy atom. The molecule has 2 aliphatic rings. The van der Waals surface area contributed by atoms with Crippen LogP contribution >= 0.6 is 0 Å². The molecule has 1 amide bonds. The highest BCUT2D eigenvalue weighted by Crippen LogP contribution is 2.30. The monoisotopic (exact) mass is 348 g/mol. The Hall–Kier alpha value is -2.58. The Bertz CT molecular complexity index is 698. The fraction of sp³-hybridized carbons (Fsp3) is 0.412. The number of β-amino-alcohol motifs (C(OH)–C–C–N with tert-alkyl or cyclic N) is 1. The van der Waals surface area contributed by atoms with Crippen LogP contribution in [0.1, 0.15) is 0 Å². The lowest BCUT2D eigenvalue weighted by molar-refractivity contribution is -0.136. The van der Waals surface area contributed by atoms with Gasteiger partial charge in [0.05, 0.1) is 44.7 Å². The Morgan fingerprint density at radius 3 is 2.80 bits per heavy atom. The molecule has 1 saturated heterocycles. The lowest BCUT2D eigenvalue weighted by Crippen LogP contribution is -2.38. The summed E-state index contributed by atoms with van der Waals surface area (Å²) in [5, 5.41) is 12.1. The minimum absolute atomic E-state index is 0.0258. The van der Waals surface area contributed by atoms with Gasteiger partial charge in [0, 0.05) is 6.54 Å². The number of aliphatic hydroxyl groups is 1. The number of hydrogen-bond acceptors (Lipinski definition) is 7. The summed E-state index contributed by atoms with van der Waals surface area (Å²) in [5.74, 6) is -0.376. The number of para-hydroxylation sites is 2. The van der Waals surface area contributed by atoms with E-state index in [0.717, 1.165) is 0 Å². The number of aliphatic hydroxyl groups excluding tert-OH is 1. The van der Waals surface area contributed by atoms with Crippen molar-refractivity contribution in [3.8, 4) is 5.75 Å². The number of ether oxygens (including phenoxy) is 3. The fourth-order valence-electron chi connectivity index (χ4n) is 2.62. The summed E-state index contributed by atoms with van der Waals surface area (Å²) in [7, 11) is 1.26. The summed E-state index contributed by atoms with van der Waals surface area (Å²) in [5.41, 5.74) is 0.939. The summed E-state index contributed by atoms with van der Waals surface area (Å²) < 4.78 is 15.7. The molecule has 0 bridgehead atoms. The second kappa shape index (κ2) is 7.54. The van der Waals surface area contributed by atoms with Crippen LogP contribution in [0.5, 0.6) is 5.75 Å². The van der Waals surface area contributed by atoms with E-state index in [0.29, 0.717) is 24.7 Å². The number of hydrogen-bond donors (Lipinski definition) is 2. The van der Waals surface area contributed by atoms with Gasteiger partial charge in [0.25, 0.3) is 5.91 Å². The molecule has 0 aromatic heterocycles. The van der Waals surface area contributed by atoms with Crippen LogP contribution in [0, 0.1) is 0 Å². The third kappa shape index (κ3) is 3.59. The molecule has 1 fully saturated rings. The van der Waals surface area contributed by atoms with Crippen molar-refractivity contribution >= 4 is 17.6 Å². The van der Waals surface area contributed by atoms with Gasteiger partial charge in [0.15, 0.2) is 0 Å². The molecule has 2 N–H and O–H groups in total. The van der Waals surface area contributed by atoms with Gasteiger partial charge in [0.2, 0.25) is 0 Å². The highest BCUT2D eigenvalue weighted by Gasteiger charge is 2.35. The van der Waals surface area contributed by atoms with Gasteiger partial charge in [-0.3, -0.25) is 4.79 Å². The van der Waals surface area contributed by atoms with Gasteiger partial charge in [-0.25, -0.2) is 4.79 Å². The summed E-state index contributed by atoms with van der Waals surface area (Å²) in [4.78, 5) is 26.0. The number of methoxy groups -OCH3 is 1. The van der Waals surface area contributed by atoms with Crippen LogP contribution < -0.4 is 10.1 Å². The molecule has 1 aromatic carbocycles. The average molecular weight is 348 g/mol. The van der Waals surface area contributed by atoms with Crippen molar-refractivity contribution in [2.24, 2.45) is 0 Å². The molecular formula is C17H20N2O6. The van der Waals surface area contributed by atoms with E-state index in [4.69, 9.17) is 19.3 Å². The summed E-state index contributed by atoms with van der Waals surface area (Å²) >= 11 is 0. The van der Waals surface area contributed by atoms with Crippen molar-refractivity contribution in [1.29, 1.82) is 0 Å². The third-order valence-corrected chi connectivity index (χ3v) is 4.00. The summed E-state index contributed by atoms with van der Waals surface area (Å²) in [6, 6.07) is 7.17. The smallest absolute Gasteiger partial charge is 0.337 e. The quantitative estimate of drug-likeness (QED) is 0.676. The first kappa shape index (κ1) is 17.2. The number of carbonyl (C=O) groups excluding carboxylic acids is 2. The molecule has 25 heavy (non-hydrogen) atoms. The number of esters is 1. The van der Waals surface area contributed by atoms with Crippen molar-refractivity contribution in [2.45, 2.75) is 6.10 Å². The van der Waals surface area contributed by atoms with Crippen LogP contribution in [-0.4, -0.2) is 68.0 Å². The van der Waals surface area contributed by atoms with Crippen LogP contribution in [0.2, 0.25) is 0 Å². The molecule has 0 spiro atoms. The number of nitrogens with one attached hydrogen (secondary N) is 1. The van der Waals surface area contributed by atoms with Crippen molar-refractivity contribution < 1.29 is 28.9 Å². The SMILES string of the molecule is COC(=O)C1=C(Nc2ccccc2OC2COC2)C(=O)N(CCO)C1. The predicted octanol–water partition coefficient (Wildman–Crippen LogP) is 0.138. The molecule has 134 valence electrons. The standard InChI is InChI=1S/C17H20N2O6/c1-23-17(22)12-8-19(6-7-20)16(21)15(12)18-13-4-2-3-5-14(13)25-11-9-24-10-11/h2-5,11,18,20H,6-10H2,1H3. The zero-order valence-electron chi connectivity index (χ0n) is 13.9. The first-order chi connectivity index (χ1) is 12.1. The number of rotatable bonds is 7. The normalized spacial score (nSPS) is 17.5. The maximum atomic E-state index is 12.6. The molecule has 1 aromatic rings. The summed E-state index contributed by atoms with van der Waals surface area (Å²) in [6.07, 6.45) is -0.0258. The highest BCUT2D eigenvalue weighted by atomic mass is 16.6. The minimum Gasteiger partial charge on any atom is -0.483 e. The molecule has 3 rings (SSSR count). The molecule has 2 heterocycles. The van der Waals surface area contributed by atoms with Crippen molar-refractivity contribution in [2.75, 3.05) is 45.3 Å². The lowest BCUT2D eigenvalue weighted by Gasteiger charge is -2.27. The second-order valence-corrected chi connectivity index (χ2v) is 5.69. The molecule has 0 unspecified atom stereocenters. The molecule has 8 nitrogen and oxygen atoms in total. The Kier molecular flexibility index (Phi) is 5.20. The van der Waals surface area contributed by atoms with E-state index in [1.165, 1.54) is 12.0 Å². The van der Waals surface area contributed by atoms with E-state index in [1.54, 1.807) is 18.2 Å². The number of anilines is 1. The van der Waals surface area contributed by atoms with Gasteiger partial charge < -0.3 is 29.5 Å². The maximum absolute atomic E-state index is 12.6. The maximum Gasteiger partial charge on any atom is 0.337 e. The minimum atomic E-state index is -0.581. The first-order valence-corrected chi connectivity index (χ1v) is 7.96. The molecule has 2 aliphatic heterocycles. The van der Waals surface area contributed by atoms with E-state index in [2.05, 4.69) is 5.32 Å². The van der Waals surface area contributed by atoms with Crippen molar-refractivity contribution in [3.05, 3.63) is 35.5 Å². The van der Waals surface area contributed by atoms with Crippen molar-refractivity contribution in [3.63, 3.8) is 0 Å². The zero-order valence-corrected chi connectivity index (χ0v) is 13.9. The van der Waals surface area contributed by atoms with Crippen LogP contribution in [0.25, 0.3) is 0 Å². The molecule has 8 heteroatoms. The van der Waals surface area contributed by atoms with E-state index >= 15 is 0 Å². The summed E-state index contributed by atoms with van der Waals surface area (Å²) in [6.45, 7) is 1.09. The van der Waals surface area contributed by atoms with Crippen LogP contribution in [-0.2, 0) is 19.1 Å². The van der Waals surface area contributed by atoms with Crippen LogP contribution in [0.3, 0.4) is 0 Å². The van der Waals surface area contributed by atoms with E-state index < -0.39 is 5.97 Å². The van der Waals surface area contributed by atoms with Gasteiger partial charge in [-0.05, 0) is 12.1 Å². The van der Waals surface area contributed by atoms with Gasteiger partial charge in [-0.15, -0.1) is 0 Å². The van der Waals surface area contributed by atoms with Gasteiger partial charge >= 0.3 is 5.97 Å². The van der Waals surface area contributed by atoms with E-state index in [9.17, 15) is 9.59 Å². The Morgan fingerprint density at radius 1 is 1.40 bits per heavy atom. The fourth-order valence-corrected chi connectivity index (χ4v) is 2.62. The number of carbonyl (C=O) groups is 2. The number of benzene rings is 1. The molecule has 0 atom stereocenters. The average Bonchev–Trinajstić information content (AvgIpc) is 2.88. The largest absolute Gasteiger partial charge is 0.483 e. The molecule has 0 aliphatic carbocycles. The lowest BCUT2D eigenvalue weighted by atomic mass is 10.2. The first-order valence-electron chi connectivity index (χ1n) is 7.96. The second-order valence-electron chi connectivity index (χ2n) is 5.69. The highest BCUT2D eigenvalue weighted by molar-refractivity contribution is 6.08. The van der Waals surface area contributed by atoms with E-state index in [-0.39, 0.29) is 43.0 Å². The Balaban J connectivity index is 1.86. The number of amides is 1. The van der Waals surface area contributed by atoms with Gasteiger partial charge in [0.1, 0.15) is 17.6 Å². The number of nitrogens with zero attached hydrogens (tertiary/aromatic N) is 1. The van der Waals surface area contributed by atoms with Crippen molar-refractivity contribution in [1.82, 2.24) is 4.90 Å². The van der Waals surface area contributed by atoms with Crippen LogP contribution in [0.15, 0.2) is 35.5 Å². The third-order valence-electron chi connectivity index (χ3n) is 4.00. The van der Waals surface area contributed by atoms with Gasteiger partial charge in [-0.2, -0.15) is 0 Å². The van der Waals surface area contributed by atoms with Gasteiger partial charge in [-0.1, -0.05) is 12.1 Å². The molecule has 0 saturated carbocycles.